The van der Waals surface area contributed by atoms with E-state index in [0.29, 0.717) is 24.6 Å². The molecule has 2 aliphatic heterocycles. The van der Waals surface area contributed by atoms with Crippen molar-refractivity contribution >= 4 is 44.5 Å². The number of hydrogen-bond donors (Lipinski definition) is 2. The fourth-order valence-corrected chi connectivity index (χ4v) is 7.31. The molecule has 2 fully saturated rings. The SMILES string of the molecule is COC1C=CC(CNC(=O)N(C(C)C)N2CC(=O)N3[C@@H](Cc4ccc(C)cc4)C(=O)N(Cc4cccc5sc(N)nc45)C[C@@H]32)=CC1. The van der Waals surface area contributed by atoms with E-state index in [9.17, 15) is 14.4 Å². The van der Waals surface area contributed by atoms with E-state index in [-0.39, 0.29) is 43.1 Å². The maximum absolute atomic E-state index is 14.3. The zero-order chi connectivity index (χ0) is 32.5. The van der Waals surface area contributed by atoms with Gasteiger partial charge in [0.25, 0.3) is 0 Å². The molecule has 0 spiro atoms. The number of benzene rings is 2. The third-order valence-electron chi connectivity index (χ3n) is 8.85. The lowest BCUT2D eigenvalue weighted by atomic mass is 9.99. The van der Waals surface area contributed by atoms with E-state index in [4.69, 9.17) is 10.5 Å². The summed E-state index contributed by atoms with van der Waals surface area (Å²) >= 11 is 1.41. The van der Waals surface area contributed by atoms with Crippen molar-refractivity contribution in [1.82, 2.24) is 30.1 Å². The number of hydrogen-bond acceptors (Lipinski definition) is 8. The first-order chi connectivity index (χ1) is 22.1. The number of ether oxygens (including phenoxy) is 1. The number of nitrogens with two attached hydrogens (primary N) is 1. The number of aryl methyl sites for hydroxylation is 1. The maximum atomic E-state index is 14.3. The molecule has 3 heterocycles. The number of nitrogen functional groups attached to an aromatic ring is 1. The number of carbonyl (C=O) groups excluding carboxylic acids is 3. The summed E-state index contributed by atoms with van der Waals surface area (Å²) in [5.74, 6) is -0.301. The highest BCUT2D eigenvalue weighted by Gasteiger charge is 2.52. The van der Waals surface area contributed by atoms with E-state index >= 15 is 0 Å². The van der Waals surface area contributed by atoms with Crippen LogP contribution in [-0.2, 0) is 27.3 Å². The number of fused-ring (bicyclic) bond motifs is 2. The number of urea groups is 1. The first-order valence-electron chi connectivity index (χ1n) is 15.7. The second-order valence-electron chi connectivity index (χ2n) is 12.4. The molecule has 4 amide bonds. The van der Waals surface area contributed by atoms with Crippen LogP contribution in [0.25, 0.3) is 10.2 Å². The largest absolute Gasteiger partial charge is 0.377 e. The number of nitrogens with one attached hydrogen (secondary N) is 1. The molecule has 46 heavy (non-hydrogen) atoms. The lowest BCUT2D eigenvalue weighted by Gasteiger charge is -2.47. The number of amides is 4. The van der Waals surface area contributed by atoms with Gasteiger partial charge in [0, 0.05) is 32.7 Å². The first-order valence-corrected chi connectivity index (χ1v) is 16.5. The van der Waals surface area contributed by atoms with Crippen LogP contribution in [0.5, 0.6) is 0 Å². The molecular weight excluding hydrogens is 602 g/mol. The average molecular weight is 644 g/mol. The van der Waals surface area contributed by atoms with Crippen LogP contribution >= 0.6 is 11.3 Å². The molecular formula is C34H41N7O4S. The fraction of sp³-hybridized carbons (Fsp3) is 0.412. The smallest absolute Gasteiger partial charge is 0.332 e. The quantitative estimate of drug-likeness (QED) is 0.363. The van der Waals surface area contributed by atoms with E-state index in [2.05, 4.69) is 16.4 Å². The number of methoxy groups -OCH3 is 1. The van der Waals surface area contributed by atoms with Gasteiger partial charge in [0.2, 0.25) is 11.8 Å². The average Bonchev–Trinajstić information content (AvgIpc) is 3.58. The van der Waals surface area contributed by atoms with Crippen molar-refractivity contribution < 1.29 is 19.1 Å². The summed E-state index contributed by atoms with van der Waals surface area (Å²) in [5.41, 5.74) is 10.8. The van der Waals surface area contributed by atoms with Crippen molar-refractivity contribution in [2.75, 3.05) is 32.5 Å². The number of aromatic nitrogens is 1. The molecule has 6 rings (SSSR count). The Hall–Kier alpha value is -4.26. The summed E-state index contributed by atoms with van der Waals surface area (Å²) in [6, 6.07) is 12.7. The van der Waals surface area contributed by atoms with Crippen molar-refractivity contribution in [3.8, 4) is 0 Å². The van der Waals surface area contributed by atoms with E-state index in [0.717, 1.165) is 38.9 Å². The zero-order valence-corrected chi connectivity index (χ0v) is 27.5. The molecule has 2 aromatic carbocycles. The van der Waals surface area contributed by atoms with Crippen molar-refractivity contribution in [2.45, 2.75) is 64.5 Å². The molecule has 3 aliphatic rings. The molecule has 0 saturated carbocycles. The molecule has 0 bridgehead atoms. The first kappa shape index (κ1) is 31.7. The topological polar surface area (TPSA) is 124 Å². The van der Waals surface area contributed by atoms with Crippen LogP contribution in [-0.4, -0.2) is 93.7 Å². The van der Waals surface area contributed by atoms with Gasteiger partial charge in [-0.1, -0.05) is 71.5 Å². The standard InChI is InChI=1S/C34H41N7O4S/c1-21(2)41(34(44)36-17-24-12-14-26(45-4)15-13-24)39-20-30(42)40-27(16-23-10-8-22(3)9-11-23)32(43)38(19-29(39)40)18-25-6-5-7-28-31(25)37-33(35)46-28/h5-14,21,26-27,29H,15-20H2,1-4H3,(H2,35,37)(H,36,44)/t26?,27-,29+/m0/s1. The molecule has 1 aliphatic carbocycles. The van der Waals surface area contributed by atoms with Crippen molar-refractivity contribution in [3.05, 3.63) is 83.0 Å². The second-order valence-corrected chi connectivity index (χ2v) is 13.4. The Morgan fingerprint density at radius 1 is 1.20 bits per heavy atom. The number of nitrogens with zero attached hydrogens (tertiary/aromatic N) is 5. The third kappa shape index (κ3) is 6.37. The molecule has 0 radical (unpaired) electrons. The highest BCUT2D eigenvalue weighted by Crippen LogP contribution is 2.33. The van der Waals surface area contributed by atoms with Crippen LogP contribution in [0.2, 0.25) is 0 Å². The van der Waals surface area contributed by atoms with E-state index in [1.54, 1.807) is 21.9 Å². The van der Waals surface area contributed by atoms with Gasteiger partial charge in [-0.15, -0.1) is 0 Å². The van der Waals surface area contributed by atoms with E-state index in [1.165, 1.54) is 11.3 Å². The summed E-state index contributed by atoms with van der Waals surface area (Å²) in [4.78, 5) is 49.8. The number of piperazine rings is 1. The number of rotatable bonds is 9. The minimum absolute atomic E-state index is 0.00188. The summed E-state index contributed by atoms with van der Waals surface area (Å²) in [7, 11) is 1.68. The Kier molecular flexibility index (Phi) is 9.12. The normalized spacial score (nSPS) is 21.7. The summed E-state index contributed by atoms with van der Waals surface area (Å²) in [6.45, 7) is 6.78. The van der Waals surface area contributed by atoms with Gasteiger partial charge in [0.05, 0.1) is 29.4 Å². The summed E-state index contributed by atoms with van der Waals surface area (Å²) in [6.07, 6.45) is 6.65. The highest BCUT2D eigenvalue weighted by molar-refractivity contribution is 7.22. The van der Waals surface area contributed by atoms with Crippen molar-refractivity contribution in [2.24, 2.45) is 0 Å². The lowest BCUT2D eigenvalue weighted by molar-refractivity contribution is -0.158. The van der Waals surface area contributed by atoms with Gasteiger partial charge in [0.1, 0.15) is 12.2 Å². The van der Waals surface area contributed by atoms with Gasteiger partial charge >= 0.3 is 6.03 Å². The Balaban J connectivity index is 1.29. The van der Waals surface area contributed by atoms with Crippen LogP contribution in [0.3, 0.4) is 0 Å². The second kappa shape index (κ2) is 13.2. The Labute approximate surface area is 273 Å². The summed E-state index contributed by atoms with van der Waals surface area (Å²) in [5, 5.41) is 6.98. The molecule has 3 aromatic rings. The number of anilines is 1. The molecule has 1 aromatic heterocycles. The van der Waals surface area contributed by atoms with E-state index < -0.39 is 12.2 Å². The van der Waals surface area contributed by atoms with Crippen molar-refractivity contribution in [1.29, 1.82) is 0 Å². The van der Waals surface area contributed by atoms with Crippen LogP contribution in [0.4, 0.5) is 9.93 Å². The molecule has 242 valence electrons. The Morgan fingerprint density at radius 3 is 2.67 bits per heavy atom. The van der Waals surface area contributed by atoms with Crippen molar-refractivity contribution in [3.63, 3.8) is 0 Å². The van der Waals surface area contributed by atoms with Crippen LogP contribution in [0.15, 0.2) is 66.3 Å². The fourth-order valence-electron chi connectivity index (χ4n) is 6.52. The van der Waals surface area contributed by atoms with Gasteiger partial charge in [-0.25, -0.2) is 9.78 Å². The predicted molar refractivity (Wildman–Crippen MR) is 178 cm³/mol. The highest BCUT2D eigenvalue weighted by atomic mass is 32.1. The van der Waals surface area contributed by atoms with E-state index in [1.807, 2.05) is 80.4 Å². The molecule has 1 unspecified atom stereocenters. The molecule has 3 atom stereocenters. The zero-order valence-electron chi connectivity index (χ0n) is 26.7. The minimum atomic E-state index is -0.720. The summed E-state index contributed by atoms with van der Waals surface area (Å²) < 4.78 is 6.34. The van der Waals surface area contributed by atoms with Gasteiger partial charge in [-0.05, 0) is 50.0 Å². The number of hydrazine groups is 1. The molecule has 11 nitrogen and oxygen atoms in total. The monoisotopic (exact) mass is 643 g/mol. The van der Waals surface area contributed by atoms with Gasteiger partial charge in [-0.3, -0.25) is 14.6 Å². The van der Waals surface area contributed by atoms with Gasteiger partial charge < -0.3 is 25.6 Å². The Morgan fingerprint density at radius 2 is 1.98 bits per heavy atom. The molecule has 2 saturated heterocycles. The number of para-hydroxylation sites is 1. The minimum Gasteiger partial charge on any atom is -0.377 e. The van der Waals surface area contributed by atoms with Gasteiger partial charge in [0.15, 0.2) is 5.13 Å². The number of thiazole rings is 1. The lowest BCUT2D eigenvalue weighted by Crippen LogP contribution is -2.66. The van der Waals surface area contributed by atoms with Crippen LogP contribution < -0.4 is 11.1 Å². The molecule has 12 heteroatoms. The predicted octanol–water partition coefficient (Wildman–Crippen LogP) is 3.85. The molecule has 3 N–H and O–H groups in total. The van der Waals surface area contributed by atoms with Crippen LogP contribution in [0.1, 0.15) is 37.0 Å². The maximum Gasteiger partial charge on any atom is 0.332 e. The van der Waals surface area contributed by atoms with Gasteiger partial charge in [-0.2, -0.15) is 5.01 Å². The van der Waals surface area contributed by atoms with Crippen LogP contribution in [0, 0.1) is 6.92 Å². The third-order valence-corrected chi connectivity index (χ3v) is 9.70. The number of carbonyl (C=O) groups is 3. The Bertz CT molecular complexity index is 1680.